The summed E-state index contributed by atoms with van der Waals surface area (Å²) in [4.78, 5) is 23.9. The van der Waals surface area contributed by atoms with E-state index in [1.54, 1.807) is 0 Å². The summed E-state index contributed by atoms with van der Waals surface area (Å²) in [6.45, 7) is 0.446. The minimum atomic E-state index is -3.72. The maximum atomic E-state index is 12.9. The van der Waals surface area contributed by atoms with Gasteiger partial charge in [0.2, 0.25) is 10.0 Å². The Morgan fingerprint density at radius 3 is 2.32 bits per heavy atom. The summed E-state index contributed by atoms with van der Waals surface area (Å²) in [5.41, 5.74) is 5.47. The molecule has 9 heteroatoms. The number of halogens is 1. The van der Waals surface area contributed by atoms with E-state index in [4.69, 9.17) is 10.5 Å². The molecule has 0 atom stereocenters. The van der Waals surface area contributed by atoms with Crippen molar-refractivity contribution in [3.8, 4) is 5.75 Å². The fourth-order valence-electron chi connectivity index (χ4n) is 2.93. The molecule has 7 nitrogen and oxygen atoms in total. The number of amides is 1. The minimum Gasteiger partial charge on any atom is -0.485 e. The van der Waals surface area contributed by atoms with Crippen LogP contribution in [0.4, 0.5) is 4.39 Å². The molecule has 28 heavy (non-hydrogen) atoms. The van der Waals surface area contributed by atoms with Gasteiger partial charge in [0.15, 0.2) is 12.4 Å². The van der Waals surface area contributed by atoms with E-state index in [2.05, 4.69) is 0 Å². The summed E-state index contributed by atoms with van der Waals surface area (Å²) in [5, 5.41) is 0. The molecule has 0 saturated carbocycles. The van der Waals surface area contributed by atoms with Crippen molar-refractivity contribution in [2.45, 2.75) is 17.7 Å². The lowest BCUT2D eigenvalue weighted by atomic mass is 10.1. The van der Waals surface area contributed by atoms with Crippen LogP contribution in [0.15, 0.2) is 47.4 Å². The fraction of sp³-hybridized carbons (Fsp3) is 0.263. The number of hydrogen-bond acceptors (Lipinski definition) is 5. The lowest BCUT2D eigenvalue weighted by Crippen LogP contribution is -2.28. The van der Waals surface area contributed by atoms with Gasteiger partial charge in [-0.15, -0.1) is 0 Å². The van der Waals surface area contributed by atoms with Crippen LogP contribution < -0.4 is 10.5 Å². The van der Waals surface area contributed by atoms with Crippen molar-refractivity contribution in [3.63, 3.8) is 0 Å². The van der Waals surface area contributed by atoms with Crippen LogP contribution in [-0.2, 0) is 10.0 Å². The van der Waals surface area contributed by atoms with Gasteiger partial charge >= 0.3 is 0 Å². The van der Waals surface area contributed by atoms with Crippen molar-refractivity contribution < 1.29 is 27.1 Å². The monoisotopic (exact) mass is 406 g/mol. The second-order valence-electron chi connectivity index (χ2n) is 6.35. The Morgan fingerprint density at radius 2 is 1.71 bits per heavy atom. The smallest absolute Gasteiger partial charge is 0.252 e. The van der Waals surface area contributed by atoms with Crippen LogP contribution in [0.3, 0.4) is 0 Å². The van der Waals surface area contributed by atoms with Crippen LogP contribution in [0.1, 0.15) is 33.6 Å². The Morgan fingerprint density at radius 1 is 1.07 bits per heavy atom. The highest BCUT2D eigenvalue weighted by Gasteiger charge is 2.28. The second-order valence-corrected chi connectivity index (χ2v) is 8.29. The van der Waals surface area contributed by atoms with Gasteiger partial charge in [0, 0.05) is 18.7 Å². The first kappa shape index (κ1) is 20.0. The number of rotatable bonds is 7. The number of benzene rings is 2. The molecule has 1 aliphatic rings. The molecule has 0 unspecified atom stereocenters. The molecule has 2 aromatic carbocycles. The third kappa shape index (κ3) is 4.20. The molecular weight excluding hydrogens is 387 g/mol. The van der Waals surface area contributed by atoms with Gasteiger partial charge in [-0.3, -0.25) is 9.59 Å². The summed E-state index contributed by atoms with van der Waals surface area (Å²) in [7, 11) is -3.72. The second kappa shape index (κ2) is 8.07. The molecule has 3 rings (SSSR count). The number of carbonyl (C=O) groups is 2. The zero-order chi connectivity index (χ0) is 20.3. The van der Waals surface area contributed by atoms with E-state index in [9.17, 15) is 22.4 Å². The average Bonchev–Trinajstić information content (AvgIpc) is 3.22. The summed E-state index contributed by atoms with van der Waals surface area (Å²) >= 11 is 0. The van der Waals surface area contributed by atoms with Crippen molar-refractivity contribution >= 4 is 21.7 Å². The number of Topliss-reactive ketones (excluding diaryl/α,β-unsaturated/α-hetero) is 1. The average molecular weight is 406 g/mol. The lowest BCUT2D eigenvalue weighted by molar-refractivity contribution is 0.0912. The number of nitrogens with two attached hydrogens (primary N) is 1. The maximum Gasteiger partial charge on any atom is 0.252 e. The Kier molecular flexibility index (Phi) is 5.76. The maximum absolute atomic E-state index is 12.9. The van der Waals surface area contributed by atoms with Crippen LogP contribution in [0, 0.1) is 5.82 Å². The SMILES string of the molecule is NC(=O)c1cc(S(=O)(=O)N2CCCC2)ccc1OCC(=O)c1ccc(F)cc1. The Labute approximate surface area is 161 Å². The molecule has 0 spiro atoms. The normalized spacial score (nSPS) is 14.8. The van der Waals surface area contributed by atoms with Gasteiger partial charge < -0.3 is 10.5 Å². The molecule has 0 radical (unpaired) electrons. The fourth-order valence-corrected chi connectivity index (χ4v) is 4.47. The highest BCUT2D eigenvalue weighted by molar-refractivity contribution is 7.89. The highest BCUT2D eigenvalue weighted by Crippen LogP contribution is 2.26. The predicted molar refractivity (Wildman–Crippen MR) is 99.2 cm³/mol. The molecule has 148 valence electrons. The van der Waals surface area contributed by atoms with Crippen LogP contribution in [0.25, 0.3) is 0 Å². The Hall–Kier alpha value is -2.78. The van der Waals surface area contributed by atoms with Crippen LogP contribution in [-0.4, -0.2) is 44.1 Å². The number of carbonyl (C=O) groups excluding carboxylic acids is 2. The predicted octanol–water partition coefficient (Wildman–Crippen LogP) is 1.97. The van der Waals surface area contributed by atoms with Crippen LogP contribution in [0.2, 0.25) is 0 Å². The van der Waals surface area contributed by atoms with Crippen molar-refractivity contribution in [2.75, 3.05) is 19.7 Å². The molecule has 1 fully saturated rings. The Bertz CT molecular complexity index is 999. The van der Waals surface area contributed by atoms with Crippen LogP contribution >= 0.6 is 0 Å². The standard InChI is InChI=1S/C19H19FN2O5S/c20-14-5-3-13(4-6-14)17(23)12-27-18-8-7-15(11-16(18)19(21)24)28(25,26)22-9-1-2-10-22/h3-8,11H,1-2,9-10,12H2,(H2,21,24). The van der Waals surface area contributed by atoms with E-state index in [0.717, 1.165) is 31.0 Å². The molecule has 0 aliphatic carbocycles. The first-order valence-electron chi connectivity index (χ1n) is 8.64. The largest absolute Gasteiger partial charge is 0.485 e. The number of ether oxygens (including phenoxy) is 1. The number of nitrogens with zero attached hydrogens (tertiary/aromatic N) is 1. The molecular formula is C19H19FN2O5S. The van der Waals surface area contributed by atoms with Gasteiger partial charge in [0.05, 0.1) is 10.5 Å². The van der Waals surface area contributed by atoms with E-state index in [-0.39, 0.29) is 21.8 Å². The summed E-state index contributed by atoms with van der Waals surface area (Å²) < 4.78 is 45.0. The molecule has 1 saturated heterocycles. The summed E-state index contributed by atoms with van der Waals surface area (Å²) in [6, 6.07) is 8.73. The molecule has 1 amide bonds. The molecule has 0 bridgehead atoms. The van der Waals surface area contributed by atoms with Crippen molar-refractivity contribution in [2.24, 2.45) is 5.73 Å². The van der Waals surface area contributed by atoms with Gasteiger partial charge in [0.25, 0.3) is 5.91 Å². The number of sulfonamides is 1. The number of ketones is 1. The van der Waals surface area contributed by atoms with E-state index < -0.39 is 34.1 Å². The molecule has 1 aliphatic heterocycles. The van der Waals surface area contributed by atoms with Gasteiger partial charge in [-0.2, -0.15) is 4.31 Å². The van der Waals surface area contributed by atoms with Crippen molar-refractivity contribution in [1.82, 2.24) is 4.31 Å². The number of hydrogen-bond donors (Lipinski definition) is 1. The zero-order valence-electron chi connectivity index (χ0n) is 14.9. The van der Waals surface area contributed by atoms with E-state index in [1.165, 1.54) is 28.6 Å². The molecule has 2 aromatic rings. The summed E-state index contributed by atoms with van der Waals surface area (Å²) in [5.74, 6) is -1.77. The molecule has 2 N–H and O–H groups in total. The Balaban J connectivity index is 1.80. The topological polar surface area (TPSA) is 107 Å². The van der Waals surface area contributed by atoms with Crippen molar-refractivity contribution in [1.29, 1.82) is 0 Å². The first-order valence-corrected chi connectivity index (χ1v) is 10.1. The van der Waals surface area contributed by atoms with Gasteiger partial charge in [-0.1, -0.05) is 0 Å². The third-order valence-corrected chi connectivity index (χ3v) is 6.34. The quantitative estimate of drug-likeness (QED) is 0.708. The minimum absolute atomic E-state index is 0.00309. The van der Waals surface area contributed by atoms with Gasteiger partial charge in [0.1, 0.15) is 11.6 Å². The zero-order valence-corrected chi connectivity index (χ0v) is 15.7. The number of primary amides is 1. The van der Waals surface area contributed by atoms with E-state index in [1.807, 2.05) is 0 Å². The van der Waals surface area contributed by atoms with Gasteiger partial charge in [-0.05, 0) is 55.3 Å². The molecule has 1 heterocycles. The lowest BCUT2D eigenvalue weighted by Gasteiger charge is -2.17. The highest BCUT2D eigenvalue weighted by atomic mass is 32.2. The van der Waals surface area contributed by atoms with Crippen molar-refractivity contribution in [3.05, 3.63) is 59.4 Å². The molecule has 0 aromatic heterocycles. The van der Waals surface area contributed by atoms with Crippen LogP contribution in [0.5, 0.6) is 5.75 Å². The van der Waals surface area contributed by atoms with E-state index in [0.29, 0.717) is 13.1 Å². The third-order valence-electron chi connectivity index (χ3n) is 4.44. The first-order chi connectivity index (χ1) is 13.3. The summed E-state index contributed by atoms with van der Waals surface area (Å²) in [6.07, 6.45) is 1.57. The van der Waals surface area contributed by atoms with E-state index >= 15 is 0 Å². The van der Waals surface area contributed by atoms with Gasteiger partial charge in [-0.25, -0.2) is 12.8 Å².